The lowest BCUT2D eigenvalue weighted by Crippen LogP contribution is -2.41. The maximum Gasteiger partial charge on any atom is 0.253 e. The molecular formula is C15H25Cl2N3O. The lowest BCUT2D eigenvalue weighted by Gasteiger charge is -2.27. The highest BCUT2D eigenvalue weighted by atomic mass is 35.5. The summed E-state index contributed by atoms with van der Waals surface area (Å²) in [6, 6.07) is 7.68. The molecule has 1 aliphatic heterocycles. The first-order valence-corrected chi connectivity index (χ1v) is 6.97. The summed E-state index contributed by atoms with van der Waals surface area (Å²) in [6.45, 7) is 5.19. The molecule has 1 aliphatic rings. The fourth-order valence-electron chi connectivity index (χ4n) is 2.81. The summed E-state index contributed by atoms with van der Waals surface area (Å²) in [5.74, 6) is 0.0512. The van der Waals surface area contributed by atoms with Gasteiger partial charge in [-0.2, -0.15) is 0 Å². The van der Waals surface area contributed by atoms with Crippen LogP contribution in [0.25, 0.3) is 0 Å². The smallest absolute Gasteiger partial charge is 0.253 e. The quantitative estimate of drug-likeness (QED) is 0.862. The molecule has 6 heteroatoms. The Morgan fingerprint density at radius 3 is 2.76 bits per heavy atom. The zero-order chi connectivity index (χ0) is 13.8. The second-order valence-corrected chi connectivity index (χ2v) is 5.24. The normalized spacial score (nSPS) is 17.7. The predicted molar refractivity (Wildman–Crippen MR) is 92.6 cm³/mol. The number of nitrogens with zero attached hydrogens (tertiary/aromatic N) is 2. The zero-order valence-electron chi connectivity index (χ0n) is 12.6. The van der Waals surface area contributed by atoms with Gasteiger partial charge >= 0.3 is 0 Å². The number of carbonyl (C=O) groups excluding carboxylic acids is 1. The Labute approximate surface area is 139 Å². The van der Waals surface area contributed by atoms with Gasteiger partial charge in [0.1, 0.15) is 0 Å². The molecular weight excluding hydrogens is 309 g/mol. The monoisotopic (exact) mass is 333 g/mol. The highest BCUT2D eigenvalue weighted by Gasteiger charge is 2.25. The molecule has 1 atom stereocenters. The van der Waals surface area contributed by atoms with Crippen molar-refractivity contribution in [2.45, 2.75) is 25.8 Å². The first kappa shape index (κ1) is 20.0. The van der Waals surface area contributed by atoms with Crippen molar-refractivity contribution < 1.29 is 4.79 Å². The fourth-order valence-corrected chi connectivity index (χ4v) is 2.81. The van der Waals surface area contributed by atoms with Crippen molar-refractivity contribution in [3.8, 4) is 0 Å². The van der Waals surface area contributed by atoms with E-state index in [1.54, 1.807) is 12.1 Å². The minimum atomic E-state index is 0. The Kier molecular flexibility index (Phi) is 8.71. The SMILES string of the molecule is CCN1CCCC1CN(C)C(=O)c1cccc(N)c1.Cl.Cl. The number of likely N-dealkylation sites (tertiary alicyclic amines) is 1. The van der Waals surface area contributed by atoms with Crippen LogP contribution in [0.5, 0.6) is 0 Å². The first-order chi connectivity index (χ1) is 9.11. The van der Waals surface area contributed by atoms with Crippen molar-refractivity contribution in [1.29, 1.82) is 0 Å². The number of likely N-dealkylation sites (N-methyl/N-ethyl adjacent to an activating group) is 2. The molecule has 21 heavy (non-hydrogen) atoms. The van der Waals surface area contributed by atoms with Crippen LogP contribution < -0.4 is 5.73 Å². The number of hydrogen-bond acceptors (Lipinski definition) is 3. The predicted octanol–water partition coefficient (Wildman–Crippen LogP) is 2.67. The van der Waals surface area contributed by atoms with Gasteiger partial charge in [0, 0.05) is 30.9 Å². The third kappa shape index (κ3) is 5.06. The maximum atomic E-state index is 12.3. The number of benzene rings is 1. The number of anilines is 1. The number of nitrogens with two attached hydrogens (primary N) is 1. The van der Waals surface area contributed by atoms with Crippen molar-refractivity contribution in [3.05, 3.63) is 29.8 Å². The van der Waals surface area contributed by atoms with Gasteiger partial charge in [-0.05, 0) is 44.1 Å². The second kappa shape index (κ2) is 9.13. The Balaban J connectivity index is 0.00000200. The van der Waals surface area contributed by atoms with Gasteiger partial charge in [0.15, 0.2) is 0 Å². The standard InChI is InChI=1S/C15H23N3O.2ClH/c1-3-18-9-5-8-14(18)11-17(2)15(19)12-6-4-7-13(16)10-12;;/h4,6-7,10,14H,3,5,8-9,11,16H2,1-2H3;2*1H. The van der Waals surface area contributed by atoms with Gasteiger partial charge in [0.2, 0.25) is 0 Å². The van der Waals surface area contributed by atoms with Crippen molar-refractivity contribution in [2.24, 2.45) is 0 Å². The fraction of sp³-hybridized carbons (Fsp3) is 0.533. The Hall–Kier alpha value is -0.970. The van der Waals surface area contributed by atoms with Crippen LogP contribution in [0.4, 0.5) is 5.69 Å². The van der Waals surface area contributed by atoms with Gasteiger partial charge in [0.05, 0.1) is 0 Å². The first-order valence-electron chi connectivity index (χ1n) is 6.97. The molecule has 2 N–H and O–H groups in total. The van der Waals surface area contributed by atoms with E-state index in [0.717, 1.165) is 19.6 Å². The van der Waals surface area contributed by atoms with Crippen LogP contribution in [-0.2, 0) is 0 Å². The lowest BCUT2D eigenvalue weighted by atomic mass is 10.1. The molecule has 0 aromatic heterocycles. The molecule has 2 rings (SSSR count). The number of nitrogen functional groups attached to an aromatic ring is 1. The van der Waals surface area contributed by atoms with Crippen LogP contribution in [0.15, 0.2) is 24.3 Å². The van der Waals surface area contributed by atoms with Crippen molar-refractivity contribution in [2.75, 3.05) is 32.4 Å². The topological polar surface area (TPSA) is 49.6 Å². The zero-order valence-corrected chi connectivity index (χ0v) is 14.3. The molecule has 1 amide bonds. The molecule has 1 fully saturated rings. The van der Waals surface area contributed by atoms with E-state index in [2.05, 4.69) is 11.8 Å². The van der Waals surface area contributed by atoms with Gasteiger partial charge in [0.25, 0.3) is 5.91 Å². The number of hydrogen-bond donors (Lipinski definition) is 1. The minimum absolute atomic E-state index is 0. The van der Waals surface area contributed by atoms with E-state index in [9.17, 15) is 4.79 Å². The van der Waals surface area contributed by atoms with Crippen molar-refractivity contribution in [1.82, 2.24) is 9.80 Å². The van der Waals surface area contributed by atoms with Crippen LogP contribution in [0.2, 0.25) is 0 Å². The van der Waals surface area contributed by atoms with Crippen LogP contribution in [-0.4, -0.2) is 48.4 Å². The highest BCUT2D eigenvalue weighted by molar-refractivity contribution is 5.94. The second-order valence-electron chi connectivity index (χ2n) is 5.24. The van der Waals surface area contributed by atoms with Crippen LogP contribution in [0.1, 0.15) is 30.1 Å². The molecule has 0 saturated carbocycles. The van der Waals surface area contributed by atoms with Gasteiger partial charge in [-0.25, -0.2) is 0 Å². The van der Waals surface area contributed by atoms with Crippen molar-refractivity contribution >= 4 is 36.4 Å². The summed E-state index contributed by atoms with van der Waals surface area (Å²) >= 11 is 0. The Morgan fingerprint density at radius 1 is 1.43 bits per heavy atom. The van der Waals surface area contributed by atoms with E-state index in [0.29, 0.717) is 17.3 Å². The molecule has 0 spiro atoms. The molecule has 0 bridgehead atoms. The molecule has 120 valence electrons. The molecule has 1 aromatic rings. The number of rotatable bonds is 4. The summed E-state index contributed by atoms with van der Waals surface area (Å²) in [6.07, 6.45) is 2.42. The van der Waals surface area contributed by atoms with E-state index in [1.807, 2.05) is 24.1 Å². The summed E-state index contributed by atoms with van der Waals surface area (Å²) in [7, 11) is 1.87. The molecule has 1 unspecified atom stereocenters. The third-order valence-electron chi connectivity index (χ3n) is 3.87. The summed E-state index contributed by atoms with van der Waals surface area (Å²) < 4.78 is 0. The molecule has 1 saturated heterocycles. The third-order valence-corrected chi connectivity index (χ3v) is 3.87. The molecule has 1 aromatic carbocycles. The summed E-state index contributed by atoms with van der Waals surface area (Å²) in [5, 5.41) is 0. The van der Waals surface area contributed by atoms with Gasteiger partial charge in [-0.3, -0.25) is 9.69 Å². The van der Waals surface area contributed by atoms with E-state index in [4.69, 9.17) is 5.73 Å². The van der Waals surface area contributed by atoms with Gasteiger partial charge < -0.3 is 10.6 Å². The van der Waals surface area contributed by atoms with Gasteiger partial charge in [-0.1, -0.05) is 13.0 Å². The molecule has 0 aliphatic carbocycles. The largest absolute Gasteiger partial charge is 0.399 e. The lowest BCUT2D eigenvalue weighted by molar-refractivity contribution is 0.0754. The number of carbonyl (C=O) groups is 1. The van der Waals surface area contributed by atoms with Crippen LogP contribution in [0.3, 0.4) is 0 Å². The Morgan fingerprint density at radius 2 is 2.14 bits per heavy atom. The van der Waals surface area contributed by atoms with E-state index >= 15 is 0 Å². The van der Waals surface area contributed by atoms with E-state index < -0.39 is 0 Å². The molecule has 4 nitrogen and oxygen atoms in total. The Bertz CT molecular complexity index is 456. The van der Waals surface area contributed by atoms with Crippen LogP contribution in [0, 0.1) is 0 Å². The average molecular weight is 334 g/mol. The van der Waals surface area contributed by atoms with Crippen LogP contribution >= 0.6 is 24.8 Å². The summed E-state index contributed by atoms with van der Waals surface area (Å²) in [5.41, 5.74) is 7.03. The van der Waals surface area contributed by atoms with Crippen molar-refractivity contribution in [3.63, 3.8) is 0 Å². The molecule has 1 heterocycles. The van der Waals surface area contributed by atoms with Gasteiger partial charge in [-0.15, -0.1) is 24.8 Å². The maximum absolute atomic E-state index is 12.3. The van der Waals surface area contributed by atoms with E-state index in [1.165, 1.54) is 12.8 Å². The average Bonchev–Trinajstić information content (AvgIpc) is 2.85. The molecule has 0 radical (unpaired) electrons. The number of halogens is 2. The summed E-state index contributed by atoms with van der Waals surface area (Å²) in [4.78, 5) is 16.6. The highest BCUT2D eigenvalue weighted by Crippen LogP contribution is 2.18. The van der Waals surface area contributed by atoms with E-state index in [-0.39, 0.29) is 30.7 Å². The number of amides is 1. The minimum Gasteiger partial charge on any atom is -0.399 e.